The van der Waals surface area contributed by atoms with Gasteiger partial charge in [-0.2, -0.15) is 13.2 Å². The summed E-state index contributed by atoms with van der Waals surface area (Å²) in [5.74, 6) is 1.52. The van der Waals surface area contributed by atoms with Gasteiger partial charge in [0.25, 0.3) is 0 Å². The quantitative estimate of drug-likeness (QED) is 0.892. The number of nitrogens with zero attached hydrogens (tertiary/aromatic N) is 2. The van der Waals surface area contributed by atoms with Crippen molar-refractivity contribution in [2.45, 2.75) is 45.3 Å². The Balaban J connectivity index is 2.03. The van der Waals surface area contributed by atoms with E-state index in [1.165, 1.54) is 12.5 Å². The second kappa shape index (κ2) is 5.35. The van der Waals surface area contributed by atoms with Crippen molar-refractivity contribution in [1.82, 2.24) is 10.2 Å². The molecular formula is C13H18F3N3. The molecular weight excluding hydrogens is 255 g/mol. The van der Waals surface area contributed by atoms with Gasteiger partial charge in [0.2, 0.25) is 0 Å². The number of halogens is 3. The lowest BCUT2D eigenvalue weighted by Crippen LogP contribution is -2.35. The van der Waals surface area contributed by atoms with E-state index in [0.717, 1.165) is 18.9 Å². The molecule has 0 aromatic carbocycles. The molecule has 0 radical (unpaired) electrons. The number of alkyl halides is 3. The molecule has 3 atom stereocenters. The fourth-order valence-corrected chi connectivity index (χ4v) is 2.54. The van der Waals surface area contributed by atoms with Gasteiger partial charge in [-0.3, -0.25) is 0 Å². The van der Waals surface area contributed by atoms with Crippen molar-refractivity contribution in [3.05, 3.63) is 17.8 Å². The molecule has 106 valence electrons. The first-order valence-electron chi connectivity index (χ1n) is 6.55. The Kier molecular flexibility index (Phi) is 3.96. The third-order valence-electron chi connectivity index (χ3n) is 4.00. The number of anilines is 1. The van der Waals surface area contributed by atoms with E-state index in [9.17, 15) is 13.2 Å². The van der Waals surface area contributed by atoms with Gasteiger partial charge >= 0.3 is 6.18 Å². The summed E-state index contributed by atoms with van der Waals surface area (Å²) in [6.07, 6.45) is -1.07. The molecule has 0 spiro atoms. The van der Waals surface area contributed by atoms with Gasteiger partial charge in [0.1, 0.15) is 5.82 Å². The largest absolute Gasteiger partial charge is 0.435 e. The normalized spacial score (nSPS) is 28.2. The van der Waals surface area contributed by atoms with E-state index in [4.69, 9.17) is 0 Å². The van der Waals surface area contributed by atoms with Gasteiger partial charge in [0.15, 0.2) is 5.69 Å². The molecule has 1 saturated carbocycles. The third kappa shape index (κ3) is 3.36. The first-order valence-corrected chi connectivity index (χ1v) is 6.55. The van der Waals surface area contributed by atoms with Crippen molar-refractivity contribution in [1.29, 1.82) is 0 Å². The molecule has 1 fully saturated rings. The summed E-state index contributed by atoms with van der Waals surface area (Å²) in [7, 11) is 0. The zero-order chi connectivity index (χ0) is 14.0. The van der Waals surface area contributed by atoms with Crippen LogP contribution in [0.25, 0.3) is 0 Å². The monoisotopic (exact) mass is 273 g/mol. The van der Waals surface area contributed by atoms with Crippen molar-refractivity contribution in [3.63, 3.8) is 0 Å². The maximum absolute atomic E-state index is 12.4. The number of hydrogen-bond acceptors (Lipinski definition) is 3. The lowest BCUT2D eigenvalue weighted by Gasteiger charge is -2.34. The Labute approximate surface area is 110 Å². The van der Waals surface area contributed by atoms with Gasteiger partial charge < -0.3 is 5.32 Å². The molecule has 1 N–H and O–H groups in total. The summed E-state index contributed by atoms with van der Waals surface area (Å²) in [4.78, 5) is 0. The predicted molar refractivity (Wildman–Crippen MR) is 66.6 cm³/mol. The SMILES string of the molecule is CC1CCCC(Nc2ccc(C(F)(F)F)nn2)C1C. The molecule has 1 aromatic heterocycles. The van der Waals surface area contributed by atoms with Crippen LogP contribution >= 0.6 is 0 Å². The topological polar surface area (TPSA) is 37.8 Å². The lowest BCUT2D eigenvalue weighted by molar-refractivity contribution is -0.141. The number of aromatic nitrogens is 2. The highest BCUT2D eigenvalue weighted by molar-refractivity contribution is 5.35. The molecule has 6 heteroatoms. The smallest absolute Gasteiger partial charge is 0.366 e. The molecule has 1 aliphatic carbocycles. The van der Waals surface area contributed by atoms with Crippen LogP contribution in [0.2, 0.25) is 0 Å². The van der Waals surface area contributed by atoms with Gasteiger partial charge in [-0.1, -0.05) is 26.7 Å². The first kappa shape index (κ1) is 14.1. The Morgan fingerprint density at radius 3 is 2.47 bits per heavy atom. The molecule has 2 rings (SSSR count). The zero-order valence-electron chi connectivity index (χ0n) is 11.0. The van der Waals surface area contributed by atoms with Crippen LogP contribution in [-0.2, 0) is 6.18 Å². The fraction of sp³-hybridized carbons (Fsp3) is 0.692. The van der Waals surface area contributed by atoms with Crippen LogP contribution in [0, 0.1) is 11.8 Å². The Morgan fingerprint density at radius 1 is 1.16 bits per heavy atom. The highest BCUT2D eigenvalue weighted by Gasteiger charge is 2.33. The van der Waals surface area contributed by atoms with Crippen molar-refractivity contribution in [2.24, 2.45) is 11.8 Å². The van der Waals surface area contributed by atoms with E-state index in [1.807, 2.05) is 0 Å². The summed E-state index contributed by atoms with van der Waals surface area (Å²) >= 11 is 0. The lowest BCUT2D eigenvalue weighted by atomic mass is 9.78. The average molecular weight is 273 g/mol. The van der Waals surface area contributed by atoms with Crippen LogP contribution in [0.5, 0.6) is 0 Å². The van der Waals surface area contributed by atoms with Gasteiger partial charge in [0, 0.05) is 6.04 Å². The van der Waals surface area contributed by atoms with Crippen molar-refractivity contribution >= 4 is 5.82 Å². The van der Waals surface area contributed by atoms with E-state index in [1.54, 1.807) is 0 Å². The highest BCUT2D eigenvalue weighted by Crippen LogP contribution is 2.31. The number of hydrogen-bond donors (Lipinski definition) is 1. The van der Waals surface area contributed by atoms with Gasteiger partial charge in [-0.25, -0.2) is 0 Å². The fourth-order valence-electron chi connectivity index (χ4n) is 2.54. The molecule has 19 heavy (non-hydrogen) atoms. The maximum Gasteiger partial charge on any atom is 0.435 e. The van der Waals surface area contributed by atoms with Crippen LogP contribution in [0.1, 0.15) is 38.8 Å². The van der Waals surface area contributed by atoms with E-state index in [0.29, 0.717) is 17.7 Å². The summed E-state index contributed by atoms with van der Waals surface area (Å²) in [6, 6.07) is 2.57. The van der Waals surface area contributed by atoms with E-state index >= 15 is 0 Å². The summed E-state index contributed by atoms with van der Waals surface area (Å²) < 4.78 is 37.1. The van der Waals surface area contributed by atoms with Crippen LogP contribution < -0.4 is 5.32 Å². The van der Waals surface area contributed by atoms with Crippen LogP contribution in [0.3, 0.4) is 0 Å². The summed E-state index contributed by atoms with van der Waals surface area (Å²) in [5.41, 5.74) is -0.955. The van der Waals surface area contributed by atoms with Gasteiger partial charge in [-0.15, -0.1) is 10.2 Å². The van der Waals surface area contributed by atoms with Crippen molar-refractivity contribution < 1.29 is 13.2 Å². The maximum atomic E-state index is 12.4. The minimum Gasteiger partial charge on any atom is -0.366 e. The highest BCUT2D eigenvalue weighted by atomic mass is 19.4. The number of rotatable bonds is 2. The van der Waals surface area contributed by atoms with E-state index < -0.39 is 11.9 Å². The second-order valence-electron chi connectivity index (χ2n) is 5.32. The van der Waals surface area contributed by atoms with Gasteiger partial charge in [0.05, 0.1) is 0 Å². The molecule has 0 saturated heterocycles. The Hall–Kier alpha value is -1.33. The number of nitrogens with one attached hydrogen (secondary N) is 1. The Morgan fingerprint density at radius 2 is 1.89 bits per heavy atom. The van der Waals surface area contributed by atoms with Crippen LogP contribution in [0.4, 0.5) is 19.0 Å². The third-order valence-corrected chi connectivity index (χ3v) is 4.00. The average Bonchev–Trinajstić information content (AvgIpc) is 2.35. The van der Waals surface area contributed by atoms with Crippen molar-refractivity contribution in [3.8, 4) is 0 Å². The molecule has 0 bridgehead atoms. The standard InChI is InChI=1S/C13H18F3N3/c1-8-4-3-5-10(9(8)2)17-12-7-6-11(18-19-12)13(14,15)16/h6-10H,3-5H2,1-2H3,(H,17,19). The van der Waals surface area contributed by atoms with Crippen LogP contribution in [0.15, 0.2) is 12.1 Å². The van der Waals surface area contributed by atoms with Crippen molar-refractivity contribution in [2.75, 3.05) is 5.32 Å². The van der Waals surface area contributed by atoms with Crippen LogP contribution in [-0.4, -0.2) is 16.2 Å². The van der Waals surface area contributed by atoms with E-state index in [2.05, 4.69) is 29.4 Å². The van der Waals surface area contributed by atoms with E-state index in [-0.39, 0.29) is 6.04 Å². The molecule has 1 heterocycles. The molecule has 3 unspecified atom stereocenters. The zero-order valence-corrected chi connectivity index (χ0v) is 11.0. The molecule has 1 aromatic rings. The predicted octanol–water partition coefficient (Wildman–Crippen LogP) is 3.73. The molecule has 0 aliphatic heterocycles. The second-order valence-corrected chi connectivity index (χ2v) is 5.32. The summed E-state index contributed by atoms with van der Waals surface area (Å²) in [5, 5.41) is 10.0. The minimum atomic E-state index is -4.43. The first-order chi connectivity index (χ1) is 8.88. The van der Waals surface area contributed by atoms with Gasteiger partial charge in [-0.05, 0) is 30.4 Å². The Bertz CT molecular complexity index is 416. The summed E-state index contributed by atoms with van der Waals surface area (Å²) in [6.45, 7) is 4.37. The molecule has 3 nitrogen and oxygen atoms in total. The minimum absolute atomic E-state index is 0.259. The molecule has 0 amide bonds. The molecule has 1 aliphatic rings.